The number of rotatable bonds is 4. The molecule has 100 valence electrons. The molecule has 0 aliphatic rings. The Kier molecular flexibility index (Phi) is 4.97. The van der Waals surface area contributed by atoms with Crippen LogP contribution in [-0.4, -0.2) is 7.05 Å². The van der Waals surface area contributed by atoms with E-state index in [4.69, 9.17) is 11.6 Å². The summed E-state index contributed by atoms with van der Waals surface area (Å²) in [6, 6.07) is 12.5. The highest BCUT2D eigenvalue weighted by molar-refractivity contribution is 9.10. The second kappa shape index (κ2) is 6.51. The van der Waals surface area contributed by atoms with E-state index in [9.17, 15) is 4.39 Å². The minimum Gasteiger partial charge on any atom is -0.313 e. The molecular formula is C15H14BrClFN. The van der Waals surface area contributed by atoms with Gasteiger partial charge < -0.3 is 5.32 Å². The number of halogens is 3. The minimum atomic E-state index is -0.180. The molecule has 0 amide bonds. The van der Waals surface area contributed by atoms with Crippen molar-refractivity contribution in [2.45, 2.75) is 12.5 Å². The van der Waals surface area contributed by atoms with E-state index in [0.29, 0.717) is 17.0 Å². The first-order chi connectivity index (χ1) is 9.11. The molecule has 0 aromatic heterocycles. The fraction of sp³-hybridized carbons (Fsp3) is 0.200. The van der Waals surface area contributed by atoms with Gasteiger partial charge in [0, 0.05) is 15.5 Å². The average molecular weight is 343 g/mol. The third-order valence-electron chi connectivity index (χ3n) is 3.06. The molecule has 0 bridgehead atoms. The lowest BCUT2D eigenvalue weighted by Crippen LogP contribution is -2.19. The van der Waals surface area contributed by atoms with Gasteiger partial charge in [0.1, 0.15) is 5.82 Å². The van der Waals surface area contributed by atoms with Gasteiger partial charge in [0.25, 0.3) is 0 Å². The van der Waals surface area contributed by atoms with Crippen molar-refractivity contribution in [2.75, 3.05) is 7.05 Å². The Morgan fingerprint density at radius 2 is 2.00 bits per heavy atom. The lowest BCUT2D eigenvalue weighted by molar-refractivity contribution is 0.553. The van der Waals surface area contributed by atoms with Gasteiger partial charge in [0.2, 0.25) is 0 Å². The van der Waals surface area contributed by atoms with Crippen molar-refractivity contribution in [3.8, 4) is 0 Å². The van der Waals surface area contributed by atoms with E-state index in [-0.39, 0.29) is 11.9 Å². The molecule has 2 aromatic carbocycles. The smallest absolute Gasteiger partial charge is 0.126 e. The molecule has 0 aliphatic heterocycles. The molecule has 0 heterocycles. The van der Waals surface area contributed by atoms with Crippen LogP contribution in [0.3, 0.4) is 0 Å². The minimum absolute atomic E-state index is 0.00461. The quantitative estimate of drug-likeness (QED) is 0.846. The van der Waals surface area contributed by atoms with Crippen LogP contribution < -0.4 is 5.32 Å². The largest absolute Gasteiger partial charge is 0.313 e. The molecule has 0 spiro atoms. The summed E-state index contributed by atoms with van der Waals surface area (Å²) in [6.45, 7) is 0. The third kappa shape index (κ3) is 3.56. The fourth-order valence-corrected chi connectivity index (χ4v) is 2.74. The number of hydrogen-bond acceptors (Lipinski definition) is 1. The van der Waals surface area contributed by atoms with Gasteiger partial charge in [-0.25, -0.2) is 4.39 Å². The zero-order valence-corrected chi connectivity index (χ0v) is 12.8. The van der Waals surface area contributed by atoms with Gasteiger partial charge in [-0.05, 0) is 48.9 Å². The summed E-state index contributed by atoms with van der Waals surface area (Å²) in [6.07, 6.45) is 0.572. The first-order valence-corrected chi connectivity index (χ1v) is 7.14. The van der Waals surface area contributed by atoms with Gasteiger partial charge in [0.05, 0.1) is 0 Å². The van der Waals surface area contributed by atoms with Crippen molar-refractivity contribution < 1.29 is 4.39 Å². The normalized spacial score (nSPS) is 12.4. The van der Waals surface area contributed by atoms with E-state index in [2.05, 4.69) is 21.2 Å². The Bertz CT molecular complexity index is 574. The predicted molar refractivity (Wildman–Crippen MR) is 81.1 cm³/mol. The second-order valence-electron chi connectivity index (χ2n) is 4.30. The van der Waals surface area contributed by atoms with Crippen LogP contribution >= 0.6 is 27.5 Å². The summed E-state index contributed by atoms with van der Waals surface area (Å²) in [5, 5.41) is 3.88. The molecule has 1 unspecified atom stereocenters. The molecule has 4 heteroatoms. The molecule has 1 atom stereocenters. The van der Waals surface area contributed by atoms with Crippen molar-refractivity contribution in [3.63, 3.8) is 0 Å². The van der Waals surface area contributed by atoms with Gasteiger partial charge in [-0.3, -0.25) is 0 Å². The Morgan fingerprint density at radius 1 is 1.26 bits per heavy atom. The van der Waals surface area contributed by atoms with Gasteiger partial charge in [-0.15, -0.1) is 0 Å². The zero-order valence-electron chi connectivity index (χ0n) is 10.5. The Balaban J connectivity index is 2.30. The fourth-order valence-electron chi connectivity index (χ4n) is 2.03. The molecule has 19 heavy (non-hydrogen) atoms. The van der Waals surface area contributed by atoms with Crippen LogP contribution in [-0.2, 0) is 6.42 Å². The van der Waals surface area contributed by atoms with Gasteiger partial charge in [0.15, 0.2) is 0 Å². The number of likely N-dealkylation sites (N-methyl/N-ethyl adjacent to an activating group) is 1. The van der Waals surface area contributed by atoms with Gasteiger partial charge in [-0.1, -0.05) is 45.7 Å². The molecule has 0 fully saturated rings. The highest BCUT2D eigenvalue weighted by Gasteiger charge is 2.15. The van der Waals surface area contributed by atoms with E-state index >= 15 is 0 Å². The van der Waals surface area contributed by atoms with Crippen molar-refractivity contribution >= 4 is 27.5 Å². The maximum absolute atomic E-state index is 13.7. The molecule has 0 saturated carbocycles. The lowest BCUT2D eigenvalue weighted by Gasteiger charge is -2.19. The monoisotopic (exact) mass is 341 g/mol. The van der Waals surface area contributed by atoms with Gasteiger partial charge >= 0.3 is 0 Å². The molecule has 1 nitrogen and oxygen atoms in total. The predicted octanol–water partition coefficient (Wildman–Crippen LogP) is 4.74. The number of nitrogens with one attached hydrogen (secondary N) is 1. The zero-order chi connectivity index (χ0) is 13.8. The Labute approximate surface area is 125 Å². The van der Waals surface area contributed by atoms with Crippen LogP contribution in [0.1, 0.15) is 17.2 Å². The van der Waals surface area contributed by atoms with Crippen LogP contribution in [0.25, 0.3) is 0 Å². The standard InChI is InChI=1S/C15H14BrClFN/c1-19-15(8-10-4-2-3-5-14(10)18)12-9-11(17)6-7-13(12)16/h2-7,9,15,19H,8H2,1H3. The summed E-state index contributed by atoms with van der Waals surface area (Å²) in [7, 11) is 1.86. The van der Waals surface area contributed by atoms with E-state index in [1.807, 2.05) is 31.3 Å². The topological polar surface area (TPSA) is 12.0 Å². The third-order valence-corrected chi connectivity index (χ3v) is 4.02. The summed E-state index contributed by atoms with van der Waals surface area (Å²) >= 11 is 9.54. The van der Waals surface area contributed by atoms with Crippen molar-refractivity contribution in [1.82, 2.24) is 5.32 Å². The summed E-state index contributed by atoms with van der Waals surface area (Å²) in [5.74, 6) is -0.180. The first kappa shape index (κ1) is 14.5. The first-order valence-electron chi connectivity index (χ1n) is 5.97. The summed E-state index contributed by atoms with van der Waals surface area (Å²) < 4.78 is 14.7. The Hall–Kier alpha value is -0.900. The molecule has 1 N–H and O–H groups in total. The maximum atomic E-state index is 13.7. The molecule has 0 aliphatic carbocycles. The average Bonchev–Trinajstić information content (AvgIpc) is 2.41. The van der Waals surface area contributed by atoms with E-state index < -0.39 is 0 Å². The van der Waals surface area contributed by atoms with Crippen molar-refractivity contribution in [3.05, 3.63) is 68.9 Å². The molecule has 2 aromatic rings. The maximum Gasteiger partial charge on any atom is 0.126 e. The SMILES string of the molecule is CNC(Cc1ccccc1F)c1cc(Cl)ccc1Br. The van der Waals surface area contributed by atoms with Crippen LogP contribution in [0.15, 0.2) is 46.9 Å². The van der Waals surface area contributed by atoms with Gasteiger partial charge in [-0.2, -0.15) is 0 Å². The lowest BCUT2D eigenvalue weighted by atomic mass is 9.99. The highest BCUT2D eigenvalue weighted by atomic mass is 79.9. The van der Waals surface area contributed by atoms with E-state index in [0.717, 1.165) is 10.0 Å². The Morgan fingerprint density at radius 3 is 2.68 bits per heavy atom. The molecule has 0 saturated heterocycles. The van der Waals surface area contributed by atoms with E-state index in [1.165, 1.54) is 6.07 Å². The summed E-state index contributed by atoms with van der Waals surface area (Å²) in [4.78, 5) is 0. The second-order valence-corrected chi connectivity index (χ2v) is 5.59. The number of benzene rings is 2. The van der Waals surface area contributed by atoms with E-state index in [1.54, 1.807) is 12.1 Å². The molecule has 2 rings (SSSR count). The number of hydrogen-bond donors (Lipinski definition) is 1. The van der Waals surface area contributed by atoms with Crippen molar-refractivity contribution in [1.29, 1.82) is 0 Å². The molecule has 0 radical (unpaired) electrons. The van der Waals surface area contributed by atoms with Crippen LogP contribution in [0.4, 0.5) is 4.39 Å². The highest BCUT2D eigenvalue weighted by Crippen LogP contribution is 2.29. The van der Waals surface area contributed by atoms with Crippen LogP contribution in [0.5, 0.6) is 0 Å². The van der Waals surface area contributed by atoms with Crippen LogP contribution in [0, 0.1) is 5.82 Å². The summed E-state index contributed by atoms with van der Waals surface area (Å²) in [5.41, 5.74) is 1.71. The van der Waals surface area contributed by atoms with Crippen LogP contribution in [0.2, 0.25) is 5.02 Å². The van der Waals surface area contributed by atoms with Crippen molar-refractivity contribution in [2.24, 2.45) is 0 Å². The molecular weight excluding hydrogens is 329 g/mol.